The Hall–Kier alpha value is -1.71. The van der Waals surface area contributed by atoms with Gasteiger partial charge in [-0.1, -0.05) is 0 Å². The smallest absolute Gasteiger partial charge is 0.232 e. The Bertz CT molecular complexity index is 691. The van der Waals surface area contributed by atoms with Gasteiger partial charge in [0.2, 0.25) is 15.9 Å². The Labute approximate surface area is 160 Å². The van der Waals surface area contributed by atoms with Crippen LogP contribution >= 0.6 is 0 Å². The second kappa shape index (κ2) is 10.6. The predicted octanol–water partition coefficient (Wildman–Crippen LogP) is 1.21. The maximum absolute atomic E-state index is 13.0. The molecule has 0 spiro atoms. The molecule has 152 valence electrons. The number of carbonyl (C=O) groups excluding carboxylic acids is 1. The summed E-state index contributed by atoms with van der Waals surface area (Å²) in [5.74, 6) is -0.520. The first kappa shape index (κ1) is 21.6. The third kappa shape index (κ3) is 7.82. The van der Waals surface area contributed by atoms with Crippen molar-refractivity contribution in [1.82, 2.24) is 10.2 Å². The number of hydrogen-bond acceptors (Lipinski definition) is 5. The largest absolute Gasteiger partial charge is 0.379 e. The molecule has 1 heterocycles. The van der Waals surface area contributed by atoms with Gasteiger partial charge in [-0.15, -0.1) is 0 Å². The fourth-order valence-electron chi connectivity index (χ4n) is 2.92. The van der Waals surface area contributed by atoms with Crippen LogP contribution in [0.3, 0.4) is 0 Å². The van der Waals surface area contributed by atoms with Gasteiger partial charge in [-0.2, -0.15) is 0 Å². The minimum Gasteiger partial charge on any atom is -0.379 e. The average molecular weight is 402 g/mol. The molecule has 1 aromatic rings. The van der Waals surface area contributed by atoms with Crippen molar-refractivity contribution in [2.75, 3.05) is 56.5 Å². The molecule has 1 aliphatic rings. The number of carbonyl (C=O) groups is 1. The van der Waals surface area contributed by atoms with Crippen LogP contribution in [0.15, 0.2) is 24.3 Å². The molecule has 0 atom stereocenters. The number of benzene rings is 1. The lowest BCUT2D eigenvalue weighted by molar-refractivity contribution is -0.121. The molecule has 0 aliphatic carbocycles. The highest BCUT2D eigenvalue weighted by Crippen LogP contribution is 2.18. The molecule has 1 aliphatic heterocycles. The Kier molecular flexibility index (Phi) is 8.46. The van der Waals surface area contributed by atoms with Gasteiger partial charge in [0, 0.05) is 32.6 Å². The van der Waals surface area contributed by atoms with Crippen LogP contribution in [-0.2, 0) is 19.6 Å². The third-order valence-electron chi connectivity index (χ3n) is 4.36. The molecule has 1 amide bonds. The number of ether oxygens (including phenoxy) is 1. The monoisotopic (exact) mass is 401 g/mol. The highest BCUT2D eigenvalue weighted by molar-refractivity contribution is 7.92. The van der Waals surface area contributed by atoms with Gasteiger partial charge in [0.05, 0.1) is 25.2 Å². The Morgan fingerprint density at radius 1 is 1.22 bits per heavy atom. The van der Waals surface area contributed by atoms with E-state index in [-0.39, 0.29) is 18.9 Å². The number of sulfonamides is 1. The van der Waals surface area contributed by atoms with E-state index in [1.165, 1.54) is 28.6 Å². The molecule has 1 N–H and O–H groups in total. The summed E-state index contributed by atoms with van der Waals surface area (Å²) in [4.78, 5) is 14.3. The van der Waals surface area contributed by atoms with Crippen LogP contribution in [0.5, 0.6) is 0 Å². The predicted molar refractivity (Wildman–Crippen MR) is 103 cm³/mol. The Balaban J connectivity index is 1.69. The van der Waals surface area contributed by atoms with Crippen LogP contribution < -0.4 is 9.62 Å². The van der Waals surface area contributed by atoms with Gasteiger partial charge in [0.1, 0.15) is 5.82 Å². The quantitative estimate of drug-likeness (QED) is 0.596. The first-order chi connectivity index (χ1) is 12.9. The van der Waals surface area contributed by atoms with Gasteiger partial charge in [-0.25, -0.2) is 12.8 Å². The second-order valence-electron chi connectivity index (χ2n) is 6.57. The Morgan fingerprint density at radius 2 is 1.89 bits per heavy atom. The van der Waals surface area contributed by atoms with E-state index in [9.17, 15) is 17.6 Å². The molecule has 0 bridgehead atoms. The topological polar surface area (TPSA) is 79.0 Å². The molecule has 1 aromatic carbocycles. The van der Waals surface area contributed by atoms with E-state index in [0.29, 0.717) is 18.7 Å². The maximum atomic E-state index is 13.0. The number of morpholine rings is 1. The van der Waals surface area contributed by atoms with Crippen molar-refractivity contribution in [3.05, 3.63) is 30.1 Å². The van der Waals surface area contributed by atoms with Gasteiger partial charge >= 0.3 is 0 Å². The van der Waals surface area contributed by atoms with E-state index in [0.717, 1.165) is 45.5 Å². The second-order valence-corrected chi connectivity index (χ2v) is 8.48. The third-order valence-corrected chi connectivity index (χ3v) is 5.55. The van der Waals surface area contributed by atoms with Crippen molar-refractivity contribution in [3.8, 4) is 0 Å². The zero-order valence-electron chi connectivity index (χ0n) is 15.7. The summed E-state index contributed by atoms with van der Waals surface area (Å²) in [5.41, 5.74) is 0.393. The highest BCUT2D eigenvalue weighted by Gasteiger charge is 2.17. The van der Waals surface area contributed by atoms with Gasteiger partial charge in [-0.3, -0.25) is 14.0 Å². The van der Waals surface area contributed by atoms with Gasteiger partial charge in [0.15, 0.2) is 0 Å². The maximum Gasteiger partial charge on any atom is 0.232 e. The molecule has 0 saturated carbocycles. The summed E-state index contributed by atoms with van der Waals surface area (Å²) >= 11 is 0. The van der Waals surface area contributed by atoms with E-state index < -0.39 is 15.8 Å². The number of nitrogens with one attached hydrogen (secondary N) is 1. The van der Waals surface area contributed by atoms with Gasteiger partial charge in [-0.05, 0) is 43.7 Å². The van der Waals surface area contributed by atoms with Crippen molar-refractivity contribution in [1.29, 1.82) is 0 Å². The van der Waals surface area contributed by atoms with Crippen molar-refractivity contribution in [2.45, 2.75) is 19.3 Å². The summed E-state index contributed by atoms with van der Waals surface area (Å²) in [5, 5.41) is 2.87. The van der Waals surface area contributed by atoms with Crippen molar-refractivity contribution >= 4 is 21.6 Å². The minimum absolute atomic E-state index is 0.0930. The zero-order valence-corrected chi connectivity index (χ0v) is 16.5. The van der Waals surface area contributed by atoms with Crippen LogP contribution in [0.2, 0.25) is 0 Å². The van der Waals surface area contributed by atoms with Crippen LogP contribution in [-0.4, -0.2) is 71.4 Å². The molecule has 27 heavy (non-hydrogen) atoms. The zero-order chi connectivity index (χ0) is 19.7. The summed E-state index contributed by atoms with van der Waals surface area (Å²) in [6, 6.07) is 5.27. The SMILES string of the molecule is CS(=O)(=O)N(CCCC(=O)NCCCN1CCOCC1)c1ccc(F)cc1. The molecular formula is C18H28FN3O4S. The standard InChI is InChI=1S/C18H28FN3O4S/c1-27(24,25)22(17-7-5-16(19)6-8-17)11-2-4-18(23)20-9-3-10-21-12-14-26-15-13-21/h5-8H,2-4,9-15H2,1H3,(H,20,23). The van der Waals surface area contributed by atoms with E-state index in [1.54, 1.807) is 0 Å². The molecule has 0 radical (unpaired) electrons. The minimum atomic E-state index is -3.50. The molecular weight excluding hydrogens is 373 g/mol. The lowest BCUT2D eigenvalue weighted by Crippen LogP contribution is -2.38. The van der Waals surface area contributed by atoms with E-state index in [2.05, 4.69) is 10.2 Å². The number of anilines is 1. The first-order valence-corrected chi connectivity index (χ1v) is 11.0. The number of rotatable bonds is 10. The molecule has 9 heteroatoms. The van der Waals surface area contributed by atoms with E-state index in [4.69, 9.17) is 4.74 Å². The van der Waals surface area contributed by atoms with Crippen LogP contribution in [0.1, 0.15) is 19.3 Å². The lowest BCUT2D eigenvalue weighted by atomic mass is 10.2. The highest BCUT2D eigenvalue weighted by atomic mass is 32.2. The fourth-order valence-corrected chi connectivity index (χ4v) is 3.89. The molecule has 7 nitrogen and oxygen atoms in total. The molecule has 1 fully saturated rings. The number of halogens is 1. The summed E-state index contributed by atoms with van der Waals surface area (Å²) in [7, 11) is -3.50. The summed E-state index contributed by atoms with van der Waals surface area (Å²) < 4.78 is 43.5. The number of amides is 1. The first-order valence-electron chi connectivity index (χ1n) is 9.16. The van der Waals surface area contributed by atoms with Crippen molar-refractivity contribution in [2.24, 2.45) is 0 Å². The average Bonchev–Trinajstić information content (AvgIpc) is 2.63. The van der Waals surface area contributed by atoms with Gasteiger partial charge < -0.3 is 10.1 Å². The molecule has 0 unspecified atom stereocenters. The number of nitrogens with zero attached hydrogens (tertiary/aromatic N) is 2. The molecule has 2 rings (SSSR count). The van der Waals surface area contributed by atoms with Crippen molar-refractivity contribution in [3.63, 3.8) is 0 Å². The van der Waals surface area contributed by atoms with Crippen LogP contribution in [0, 0.1) is 5.82 Å². The van der Waals surface area contributed by atoms with E-state index in [1.807, 2.05) is 0 Å². The van der Waals surface area contributed by atoms with Crippen LogP contribution in [0.4, 0.5) is 10.1 Å². The normalized spacial score (nSPS) is 15.5. The summed E-state index contributed by atoms with van der Waals surface area (Å²) in [6.45, 7) is 5.08. The molecule has 1 saturated heterocycles. The van der Waals surface area contributed by atoms with Crippen molar-refractivity contribution < 1.29 is 22.3 Å². The fraction of sp³-hybridized carbons (Fsp3) is 0.611. The molecule has 0 aromatic heterocycles. The van der Waals surface area contributed by atoms with E-state index >= 15 is 0 Å². The van der Waals surface area contributed by atoms with Crippen LogP contribution in [0.25, 0.3) is 0 Å². The lowest BCUT2D eigenvalue weighted by Gasteiger charge is -2.26. The Morgan fingerprint density at radius 3 is 2.52 bits per heavy atom. The summed E-state index contributed by atoms with van der Waals surface area (Å²) in [6.07, 6.45) is 2.60. The number of hydrogen-bond donors (Lipinski definition) is 1. The van der Waals surface area contributed by atoms with Gasteiger partial charge in [0.25, 0.3) is 0 Å².